The molecule has 2 heterocycles. The lowest BCUT2D eigenvalue weighted by atomic mass is 10.0. The van der Waals surface area contributed by atoms with Crippen molar-refractivity contribution in [1.82, 2.24) is 9.80 Å². The van der Waals surface area contributed by atoms with Gasteiger partial charge in [0.25, 0.3) is 0 Å². The van der Waals surface area contributed by atoms with Crippen LogP contribution in [0, 0.1) is 5.82 Å². The molecule has 1 amide bonds. The number of halogens is 1. The molecule has 1 aromatic carbocycles. The standard InChI is InChI=1S/C18H26FN3O2/c19-16-5-1-2-6-17(16)21-11-9-20(10-12-21)15-4-3-8-22(14-15)18(24)7-13-23/h1-2,5-6,15,23H,3-4,7-14H2/t15-/m1/s1. The van der Waals surface area contributed by atoms with Gasteiger partial charge in [-0.1, -0.05) is 12.1 Å². The number of nitrogens with zero attached hydrogens (tertiary/aromatic N) is 3. The number of piperazine rings is 1. The van der Waals surface area contributed by atoms with Gasteiger partial charge in [-0.15, -0.1) is 0 Å². The molecule has 0 unspecified atom stereocenters. The number of aliphatic hydroxyl groups is 1. The van der Waals surface area contributed by atoms with Crippen molar-refractivity contribution in [2.24, 2.45) is 0 Å². The first-order chi connectivity index (χ1) is 11.7. The monoisotopic (exact) mass is 335 g/mol. The van der Waals surface area contributed by atoms with Gasteiger partial charge in [-0.05, 0) is 25.0 Å². The number of hydrogen-bond acceptors (Lipinski definition) is 4. The highest BCUT2D eigenvalue weighted by Gasteiger charge is 2.30. The van der Waals surface area contributed by atoms with Crippen molar-refractivity contribution in [3.63, 3.8) is 0 Å². The molecule has 2 fully saturated rings. The van der Waals surface area contributed by atoms with Crippen LogP contribution in [0.25, 0.3) is 0 Å². The van der Waals surface area contributed by atoms with Crippen LogP contribution in [0.1, 0.15) is 19.3 Å². The lowest BCUT2D eigenvalue weighted by molar-refractivity contribution is -0.134. The lowest BCUT2D eigenvalue weighted by Gasteiger charge is -2.44. The SMILES string of the molecule is O=C(CCO)N1CCC[C@@H](N2CCN(c3ccccc3F)CC2)C1. The number of amides is 1. The summed E-state index contributed by atoms with van der Waals surface area (Å²) in [5.74, 6) is -0.114. The zero-order valence-corrected chi connectivity index (χ0v) is 14.0. The Morgan fingerprint density at radius 1 is 1.17 bits per heavy atom. The normalized spacial score (nSPS) is 22.7. The first-order valence-electron chi connectivity index (χ1n) is 8.81. The molecule has 2 saturated heterocycles. The molecule has 132 valence electrons. The van der Waals surface area contributed by atoms with E-state index >= 15 is 0 Å². The predicted molar refractivity (Wildman–Crippen MR) is 91.5 cm³/mol. The van der Waals surface area contributed by atoms with Gasteiger partial charge in [0.05, 0.1) is 12.3 Å². The van der Waals surface area contributed by atoms with Crippen LogP contribution in [0.3, 0.4) is 0 Å². The van der Waals surface area contributed by atoms with E-state index in [0.29, 0.717) is 11.7 Å². The van der Waals surface area contributed by atoms with Crippen molar-refractivity contribution in [1.29, 1.82) is 0 Å². The van der Waals surface area contributed by atoms with Crippen LogP contribution in [-0.4, -0.2) is 72.7 Å². The summed E-state index contributed by atoms with van der Waals surface area (Å²) in [5.41, 5.74) is 0.681. The third kappa shape index (κ3) is 3.87. The second kappa shape index (κ2) is 7.94. The van der Waals surface area contributed by atoms with Crippen LogP contribution >= 0.6 is 0 Å². The van der Waals surface area contributed by atoms with Gasteiger partial charge in [0.15, 0.2) is 0 Å². The smallest absolute Gasteiger partial charge is 0.224 e. The molecule has 2 aliphatic rings. The van der Waals surface area contributed by atoms with Crippen molar-refractivity contribution < 1.29 is 14.3 Å². The molecule has 6 heteroatoms. The van der Waals surface area contributed by atoms with E-state index in [0.717, 1.165) is 52.1 Å². The molecule has 0 aliphatic carbocycles. The number of likely N-dealkylation sites (tertiary alicyclic amines) is 1. The Hall–Kier alpha value is -1.66. The predicted octanol–water partition coefficient (Wildman–Crippen LogP) is 1.32. The zero-order valence-electron chi connectivity index (χ0n) is 14.0. The minimum atomic E-state index is -0.163. The lowest BCUT2D eigenvalue weighted by Crippen LogP contribution is -2.56. The van der Waals surface area contributed by atoms with Crippen molar-refractivity contribution in [2.45, 2.75) is 25.3 Å². The van der Waals surface area contributed by atoms with Gasteiger partial charge in [0.2, 0.25) is 5.91 Å². The maximum Gasteiger partial charge on any atom is 0.224 e. The Balaban J connectivity index is 1.54. The van der Waals surface area contributed by atoms with Crippen molar-refractivity contribution in [3.05, 3.63) is 30.1 Å². The van der Waals surface area contributed by atoms with Crippen LogP contribution in [0.4, 0.5) is 10.1 Å². The van der Waals surface area contributed by atoms with Crippen LogP contribution in [0.2, 0.25) is 0 Å². The fourth-order valence-corrected chi connectivity index (χ4v) is 3.77. The van der Waals surface area contributed by atoms with Crippen molar-refractivity contribution in [2.75, 3.05) is 50.8 Å². The Kier molecular flexibility index (Phi) is 5.68. The first-order valence-corrected chi connectivity index (χ1v) is 8.81. The van der Waals surface area contributed by atoms with Crippen LogP contribution in [0.5, 0.6) is 0 Å². The Labute approximate surface area is 142 Å². The Morgan fingerprint density at radius 3 is 2.62 bits per heavy atom. The minimum absolute atomic E-state index is 0.0483. The highest BCUT2D eigenvalue weighted by atomic mass is 19.1. The molecule has 3 rings (SSSR count). The summed E-state index contributed by atoms with van der Waals surface area (Å²) in [7, 11) is 0. The largest absolute Gasteiger partial charge is 0.396 e. The fourth-order valence-electron chi connectivity index (χ4n) is 3.77. The van der Waals surface area contributed by atoms with Crippen LogP contribution in [-0.2, 0) is 4.79 Å². The summed E-state index contributed by atoms with van der Waals surface area (Å²) in [5, 5.41) is 8.95. The van der Waals surface area contributed by atoms with Gasteiger partial charge in [-0.25, -0.2) is 4.39 Å². The number of para-hydroxylation sites is 1. The van der Waals surface area contributed by atoms with Gasteiger partial charge < -0.3 is 14.9 Å². The number of rotatable bonds is 4. The molecule has 1 atom stereocenters. The van der Waals surface area contributed by atoms with E-state index in [2.05, 4.69) is 9.80 Å². The van der Waals surface area contributed by atoms with E-state index in [1.165, 1.54) is 6.07 Å². The molecule has 0 aromatic heterocycles. The summed E-state index contributed by atoms with van der Waals surface area (Å²) in [6.45, 7) is 4.86. The van der Waals surface area contributed by atoms with E-state index in [-0.39, 0.29) is 24.8 Å². The van der Waals surface area contributed by atoms with Gasteiger partial charge in [0, 0.05) is 51.7 Å². The molecule has 5 nitrogen and oxygen atoms in total. The molecule has 24 heavy (non-hydrogen) atoms. The Bertz CT molecular complexity index is 561. The van der Waals surface area contributed by atoms with E-state index in [1.54, 1.807) is 6.07 Å². The van der Waals surface area contributed by atoms with E-state index in [9.17, 15) is 9.18 Å². The number of hydrogen-bond donors (Lipinski definition) is 1. The minimum Gasteiger partial charge on any atom is -0.396 e. The molecule has 0 radical (unpaired) electrons. The van der Waals surface area contributed by atoms with Gasteiger partial charge in [0.1, 0.15) is 5.82 Å². The highest BCUT2D eigenvalue weighted by molar-refractivity contribution is 5.76. The van der Waals surface area contributed by atoms with Gasteiger partial charge >= 0.3 is 0 Å². The third-order valence-electron chi connectivity index (χ3n) is 5.10. The van der Waals surface area contributed by atoms with E-state index in [1.807, 2.05) is 17.0 Å². The zero-order chi connectivity index (χ0) is 16.9. The molecule has 0 saturated carbocycles. The maximum absolute atomic E-state index is 13.9. The fraction of sp³-hybridized carbons (Fsp3) is 0.611. The maximum atomic E-state index is 13.9. The Morgan fingerprint density at radius 2 is 1.92 bits per heavy atom. The van der Waals surface area contributed by atoms with Crippen LogP contribution < -0.4 is 4.90 Å². The van der Waals surface area contributed by atoms with Crippen LogP contribution in [0.15, 0.2) is 24.3 Å². The summed E-state index contributed by atoms with van der Waals surface area (Å²) in [6, 6.07) is 7.31. The highest BCUT2D eigenvalue weighted by Crippen LogP contribution is 2.23. The average molecular weight is 335 g/mol. The number of aliphatic hydroxyl groups excluding tert-OH is 1. The second-order valence-corrected chi connectivity index (χ2v) is 6.58. The average Bonchev–Trinajstić information content (AvgIpc) is 2.63. The quantitative estimate of drug-likeness (QED) is 0.902. The molecule has 0 bridgehead atoms. The molecule has 1 aromatic rings. The first kappa shape index (κ1) is 17.2. The van der Waals surface area contributed by atoms with Crippen molar-refractivity contribution in [3.8, 4) is 0 Å². The number of carbonyl (C=O) groups excluding carboxylic acids is 1. The number of anilines is 1. The topological polar surface area (TPSA) is 47.0 Å². The number of piperidine rings is 1. The van der Waals surface area contributed by atoms with Gasteiger partial charge in [-0.3, -0.25) is 9.69 Å². The molecular weight excluding hydrogens is 309 g/mol. The molecule has 0 spiro atoms. The summed E-state index contributed by atoms with van der Waals surface area (Å²) < 4.78 is 13.9. The summed E-state index contributed by atoms with van der Waals surface area (Å²) in [6.07, 6.45) is 2.33. The summed E-state index contributed by atoms with van der Waals surface area (Å²) in [4.78, 5) is 18.4. The third-order valence-corrected chi connectivity index (χ3v) is 5.10. The number of benzene rings is 1. The van der Waals surface area contributed by atoms with E-state index < -0.39 is 0 Å². The number of carbonyl (C=O) groups is 1. The molecular formula is C18H26FN3O2. The van der Waals surface area contributed by atoms with Gasteiger partial charge in [-0.2, -0.15) is 0 Å². The molecule has 2 aliphatic heterocycles. The van der Waals surface area contributed by atoms with E-state index in [4.69, 9.17) is 5.11 Å². The van der Waals surface area contributed by atoms with Crippen molar-refractivity contribution >= 4 is 11.6 Å². The molecule has 1 N–H and O–H groups in total. The summed E-state index contributed by atoms with van der Waals surface area (Å²) >= 11 is 0. The second-order valence-electron chi connectivity index (χ2n) is 6.58.